The molecule has 0 aromatic carbocycles. The fourth-order valence-electron chi connectivity index (χ4n) is 1.90. The Balaban J connectivity index is 2.12. The summed E-state index contributed by atoms with van der Waals surface area (Å²) < 4.78 is 0. The fourth-order valence-corrected chi connectivity index (χ4v) is 1.90. The van der Waals surface area contributed by atoms with Crippen LogP contribution in [0.1, 0.15) is 17.7 Å². The summed E-state index contributed by atoms with van der Waals surface area (Å²) in [5.74, 6) is 1.44. The summed E-state index contributed by atoms with van der Waals surface area (Å²) in [7, 11) is 4.18. The van der Waals surface area contributed by atoms with Crippen molar-refractivity contribution < 1.29 is 0 Å². The van der Waals surface area contributed by atoms with Crippen LogP contribution < -0.4 is 0 Å². The molecule has 1 N–H and O–H groups in total. The third kappa shape index (κ3) is 2.21. The molecule has 2 rings (SSSR count). The summed E-state index contributed by atoms with van der Waals surface area (Å²) in [5.41, 5.74) is 0. The van der Waals surface area contributed by atoms with E-state index in [9.17, 15) is 0 Å². The van der Waals surface area contributed by atoms with E-state index in [0.29, 0.717) is 12.2 Å². The van der Waals surface area contributed by atoms with E-state index in [1.807, 2.05) is 0 Å². The van der Waals surface area contributed by atoms with Gasteiger partial charge in [0.2, 0.25) is 0 Å². The third-order valence-electron chi connectivity index (χ3n) is 2.94. The lowest BCUT2D eigenvalue weighted by atomic mass is 10.2. The highest BCUT2D eigenvalue weighted by atomic mass is 15.3. The highest BCUT2D eigenvalue weighted by molar-refractivity contribution is 5.02. The molecule has 0 bridgehead atoms. The first-order valence-corrected chi connectivity index (χ1v) is 5.37. The zero-order valence-electron chi connectivity index (χ0n) is 9.64. The molecule has 6 heteroatoms. The minimum Gasteiger partial charge on any atom is -0.303 e. The number of hydrogen-bond donors (Lipinski definition) is 1. The summed E-state index contributed by atoms with van der Waals surface area (Å²) in [4.78, 5) is 8.87. The Morgan fingerprint density at radius 1 is 1.50 bits per heavy atom. The Bertz CT molecular complexity index is 392. The summed E-state index contributed by atoms with van der Waals surface area (Å²) in [6, 6.07) is 2.29. The molecule has 1 saturated heterocycles. The summed E-state index contributed by atoms with van der Waals surface area (Å²) in [5, 5.41) is 15.6. The van der Waals surface area contributed by atoms with E-state index in [0.717, 1.165) is 25.5 Å². The molecule has 1 atom stereocenters. The van der Waals surface area contributed by atoms with Gasteiger partial charge in [0.1, 0.15) is 5.82 Å². The Hall–Kier alpha value is -1.45. The topological polar surface area (TPSA) is 71.8 Å². The Labute approximate surface area is 94.9 Å². The Kier molecular flexibility index (Phi) is 3.17. The number of H-pyrrole nitrogens is 1. The number of likely N-dealkylation sites (N-methyl/N-ethyl adjacent to an activating group) is 2. The first kappa shape index (κ1) is 11.0. The zero-order chi connectivity index (χ0) is 11.5. The van der Waals surface area contributed by atoms with E-state index in [4.69, 9.17) is 5.26 Å². The standard InChI is InChI=1S/C10H16N6/c1-15-5-6-16(2)8(7-15)10-12-9(3-4-11)13-14-10/h8H,3,5-7H2,1-2H3,(H,12,13,14). The van der Waals surface area contributed by atoms with Crippen LogP contribution in [0, 0.1) is 11.3 Å². The van der Waals surface area contributed by atoms with Crippen LogP contribution in [0.15, 0.2) is 0 Å². The van der Waals surface area contributed by atoms with Crippen LogP contribution in [0.4, 0.5) is 0 Å². The number of aromatic nitrogens is 3. The lowest BCUT2D eigenvalue weighted by Crippen LogP contribution is -2.45. The molecule has 0 radical (unpaired) electrons. The van der Waals surface area contributed by atoms with Gasteiger partial charge < -0.3 is 4.90 Å². The second-order valence-electron chi connectivity index (χ2n) is 4.23. The predicted molar refractivity (Wildman–Crippen MR) is 58.6 cm³/mol. The van der Waals surface area contributed by atoms with Gasteiger partial charge >= 0.3 is 0 Å². The Morgan fingerprint density at radius 3 is 3.06 bits per heavy atom. The molecule has 1 fully saturated rings. The smallest absolute Gasteiger partial charge is 0.169 e. The first-order chi connectivity index (χ1) is 7.70. The monoisotopic (exact) mass is 220 g/mol. The van der Waals surface area contributed by atoms with Gasteiger partial charge in [-0.2, -0.15) is 10.4 Å². The second-order valence-corrected chi connectivity index (χ2v) is 4.23. The fraction of sp³-hybridized carbons (Fsp3) is 0.700. The average molecular weight is 220 g/mol. The molecule has 1 aliphatic rings. The van der Waals surface area contributed by atoms with Crippen molar-refractivity contribution in [2.24, 2.45) is 0 Å². The number of aromatic amines is 1. The van der Waals surface area contributed by atoms with Crippen molar-refractivity contribution in [3.8, 4) is 6.07 Å². The van der Waals surface area contributed by atoms with Crippen LogP contribution in [0.25, 0.3) is 0 Å². The maximum atomic E-state index is 8.58. The van der Waals surface area contributed by atoms with E-state index in [2.05, 4.69) is 45.1 Å². The number of nitrogens with zero attached hydrogens (tertiary/aromatic N) is 5. The van der Waals surface area contributed by atoms with Crippen LogP contribution in [-0.4, -0.2) is 58.7 Å². The van der Waals surface area contributed by atoms with Gasteiger partial charge in [0.05, 0.1) is 18.5 Å². The molecule has 1 aliphatic heterocycles. The molecule has 2 heterocycles. The van der Waals surface area contributed by atoms with Crippen molar-refractivity contribution in [3.05, 3.63) is 11.6 Å². The summed E-state index contributed by atoms with van der Waals surface area (Å²) in [6.07, 6.45) is 0.291. The number of rotatable bonds is 2. The van der Waals surface area contributed by atoms with Crippen molar-refractivity contribution in [3.63, 3.8) is 0 Å². The van der Waals surface area contributed by atoms with E-state index in [1.54, 1.807) is 0 Å². The molecule has 86 valence electrons. The molecule has 0 aliphatic carbocycles. The lowest BCUT2D eigenvalue weighted by Gasteiger charge is -2.35. The quantitative estimate of drug-likeness (QED) is 0.746. The predicted octanol–water partition coefficient (Wildman–Crippen LogP) is -0.211. The molecule has 1 unspecified atom stereocenters. The number of nitriles is 1. The molecular weight excluding hydrogens is 204 g/mol. The van der Waals surface area contributed by atoms with Gasteiger partial charge in [0.25, 0.3) is 0 Å². The van der Waals surface area contributed by atoms with Crippen LogP contribution in [0.5, 0.6) is 0 Å². The van der Waals surface area contributed by atoms with E-state index in [1.165, 1.54) is 0 Å². The van der Waals surface area contributed by atoms with Crippen molar-refractivity contribution in [1.29, 1.82) is 5.26 Å². The summed E-state index contributed by atoms with van der Waals surface area (Å²) in [6.45, 7) is 3.02. The maximum Gasteiger partial charge on any atom is 0.169 e. The highest BCUT2D eigenvalue weighted by Gasteiger charge is 2.26. The van der Waals surface area contributed by atoms with Gasteiger partial charge in [-0.1, -0.05) is 0 Å². The first-order valence-electron chi connectivity index (χ1n) is 5.37. The molecule has 1 aromatic heterocycles. The van der Waals surface area contributed by atoms with Crippen LogP contribution >= 0.6 is 0 Å². The van der Waals surface area contributed by atoms with Crippen LogP contribution in [-0.2, 0) is 6.42 Å². The van der Waals surface area contributed by atoms with Gasteiger partial charge in [-0.3, -0.25) is 10.00 Å². The molecular formula is C10H16N6. The zero-order valence-corrected chi connectivity index (χ0v) is 9.64. The van der Waals surface area contributed by atoms with Crippen molar-refractivity contribution in [2.45, 2.75) is 12.5 Å². The molecule has 0 spiro atoms. The number of piperazine rings is 1. The molecule has 16 heavy (non-hydrogen) atoms. The van der Waals surface area contributed by atoms with E-state index >= 15 is 0 Å². The largest absolute Gasteiger partial charge is 0.303 e. The van der Waals surface area contributed by atoms with Gasteiger partial charge in [0.15, 0.2) is 5.82 Å². The molecule has 0 amide bonds. The van der Waals surface area contributed by atoms with Gasteiger partial charge in [0, 0.05) is 19.6 Å². The third-order valence-corrected chi connectivity index (χ3v) is 2.94. The van der Waals surface area contributed by atoms with Gasteiger partial charge in [-0.15, -0.1) is 0 Å². The SMILES string of the molecule is CN1CCN(C)C(c2n[nH]c(CC#N)n2)C1. The molecule has 1 aromatic rings. The minimum atomic E-state index is 0.224. The summed E-state index contributed by atoms with van der Waals surface area (Å²) >= 11 is 0. The maximum absolute atomic E-state index is 8.58. The highest BCUT2D eigenvalue weighted by Crippen LogP contribution is 2.19. The molecule has 0 saturated carbocycles. The van der Waals surface area contributed by atoms with E-state index in [-0.39, 0.29) is 6.04 Å². The number of hydrogen-bond acceptors (Lipinski definition) is 5. The average Bonchev–Trinajstić information content (AvgIpc) is 2.71. The van der Waals surface area contributed by atoms with Gasteiger partial charge in [-0.25, -0.2) is 4.98 Å². The van der Waals surface area contributed by atoms with Crippen molar-refractivity contribution in [1.82, 2.24) is 25.0 Å². The molecule has 6 nitrogen and oxygen atoms in total. The second kappa shape index (κ2) is 4.60. The Morgan fingerprint density at radius 2 is 2.31 bits per heavy atom. The van der Waals surface area contributed by atoms with Crippen molar-refractivity contribution in [2.75, 3.05) is 33.7 Å². The van der Waals surface area contributed by atoms with Crippen LogP contribution in [0.2, 0.25) is 0 Å². The minimum absolute atomic E-state index is 0.224. The van der Waals surface area contributed by atoms with Crippen molar-refractivity contribution >= 4 is 0 Å². The van der Waals surface area contributed by atoms with Crippen LogP contribution in [0.3, 0.4) is 0 Å². The van der Waals surface area contributed by atoms with E-state index < -0.39 is 0 Å². The lowest BCUT2D eigenvalue weighted by molar-refractivity contribution is 0.110. The van der Waals surface area contributed by atoms with Gasteiger partial charge in [-0.05, 0) is 14.1 Å². The normalized spacial score (nSPS) is 23.2. The number of nitrogens with one attached hydrogen (secondary N) is 1.